The predicted octanol–water partition coefficient (Wildman–Crippen LogP) is 4.10. The third-order valence-corrected chi connectivity index (χ3v) is 7.65. The monoisotopic (exact) mass is 465 g/mol. The molecule has 0 bridgehead atoms. The minimum absolute atomic E-state index is 0.108. The molecular formula is C21H24ClN3O3S2. The number of anilines is 1. The molecule has 0 saturated heterocycles. The summed E-state index contributed by atoms with van der Waals surface area (Å²) in [5.74, 6) is -0.505. The molecular weight excluding hydrogens is 442 g/mol. The molecule has 30 heavy (non-hydrogen) atoms. The second-order valence-corrected chi connectivity index (χ2v) is 10.7. The summed E-state index contributed by atoms with van der Waals surface area (Å²) in [4.78, 5) is 21.5. The lowest BCUT2D eigenvalue weighted by Gasteiger charge is -2.21. The second-order valence-electron chi connectivity index (χ2n) is 7.17. The SMILES string of the molecule is CN(C)CCCN(C(=O)CCS(=O)(=O)c1ccccc1)c1nc2c(Cl)cccc2s1. The van der Waals surface area contributed by atoms with Crippen LogP contribution in [0.1, 0.15) is 12.8 Å². The Labute approximate surface area is 186 Å². The van der Waals surface area contributed by atoms with Crippen LogP contribution in [0.2, 0.25) is 5.02 Å². The van der Waals surface area contributed by atoms with Gasteiger partial charge in [0.05, 0.1) is 20.4 Å². The zero-order valence-electron chi connectivity index (χ0n) is 16.9. The highest BCUT2D eigenvalue weighted by Gasteiger charge is 2.23. The van der Waals surface area contributed by atoms with Crippen LogP contribution in [0.4, 0.5) is 5.13 Å². The van der Waals surface area contributed by atoms with Gasteiger partial charge in [0.25, 0.3) is 0 Å². The van der Waals surface area contributed by atoms with Gasteiger partial charge in [0.1, 0.15) is 5.52 Å². The number of fused-ring (bicyclic) bond motifs is 1. The highest BCUT2D eigenvalue weighted by molar-refractivity contribution is 7.91. The third-order valence-electron chi connectivity index (χ3n) is 4.56. The van der Waals surface area contributed by atoms with Crippen molar-refractivity contribution in [1.29, 1.82) is 0 Å². The van der Waals surface area contributed by atoms with E-state index in [4.69, 9.17) is 11.6 Å². The maximum atomic E-state index is 13.0. The van der Waals surface area contributed by atoms with E-state index in [-0.39, 0.29) is 23.0 Å². The van der Waals surface area contributed by atoms with Gasteiger partial charge >= 0.3 is 0 Å². The maximum Gasteiger partial charge on any atom is 0.229 e. The van der Waals surface area contributed by atoms with Crippen LogP contribution in [0.25, 0.3) is 10.2 Å². The summed E-state index contributed by atoms with van der Waals surface area (Å²) < 4.78 is 26.0. The number of aromatic nitrogens is 1. The molecule has 0 unspecified atom stereocenters. The zero-order chi connectivity index (χ0) is 21.7. The molecule has 0 radical (unpaired) electrons. The summed E-state index contributed by atoms with van der Waals surface area (Å²) in [5, 5.41) is 1.07. The maximum absolute atomic E-state index is 13.0. The molecule has 2 aromatic carbocycles. The minimum Gasteiger partial charge on any atom is -0.309 e. The Morgan fingerprint density at radius 2 is 1.80 bits per heavy atom. The van der Waals surface area contributed by atoms with Crippen molar-refractivity contribution >= 4 is 54.0 Å². The average molecular weight is 466 g/mol. The fraction of sp³-hybridized carbons (Fsp3) is 0.333. The molecule has 9 heteroatoms. The Hall–Kier alpha value is -2.00. The van der Waals surface area contributed by atoms with Crippen molar-refractivity contribution in [2.24, 2.45) is 0 Å². The smallest absolute Gasteiger partial charge is 0.229 e. The van der Waals surface area contributed by atoms with Crippen molar-refractivity contribution in [3.8, 4) is 0 Å². The fourth-order valence-electron chi connectivity index (χ4n) is 2.99. The Morgan fingerprint density at radius 1 is 1.07 bits per heavy atom. The molecule has 0 spiro atoms. The molecule has 0 aliphatic heterocycles. The van der Waals surface area contributed by atoms with Crippen molar-refractivity contribution < 1.29 is 13.2 Å². The average Bonchev–Trinajstić information content (AvgIpc) is 3.15. The van der Waals surface area contributed by atoms with E-state index in [9.17, 15) is 13.2 Å². The summed E-state index contributed by atoms with van der Waals surface area (Å²) in [7, 11) is 0.406. The topological polar surface area (TPSA) is 70.6 Å². The normalized spacial score (nSPS) is 11.9. The molecule has 0 aliphatic carbocycles. The Morgan fingerprint density at radius 3 is 2.47 bits per heavy atom. The van der Waals surface area contributed by atoms with Crippen molar-refractivity contribution in [2.75, 3.05) is 37.8 Å². The Balaban J connectivity index is 1.80. The first-order valence-corrected chi connectivity index (χ1v) is 12.4. The van der Waals surface area contributed by atoms with Gasteiger partial charge in [0, 0.05) is 13.0 Å². The number of benzene rings is 2. The summed E-state index contributed by atoms with van der Waals surface area (Å²) in [6.07, 6.45) is 0.636. The molecule has 0 saturated carbocycles. The summed E-state index contributed by atoms with van der Waals surface area (Å²) in [6.45, 7) is 1.26. The van der Waals surface area contributed by atoms with Gasteiger partial charge in [0.2, 0.25) is 5.91 Å². The molecule has 0 N–H and O–H groups in total. The van der Waals surface area contributed by atoms with E-state index in [1.165, 1.54) is 11.3 Å². The minimum atomic E-state index is -3.53. The van der Waals surface area contributed by atoms with E-state index in [2.05, 4.69) is 4.98 Å². The highest BCUT2D eigenvalue weighted by Crippen LogP contribution is 2.33. The van der Waals surface area contributed by atoms with E-state index < -0.39 is 9.84 Å². The molecule has 160 valence electrons. The first-order valence-electron chi connectivity index (χ1n) is 9.56. The molecule has 1 heterocycles. The number of carbonyl (C=O) groups excluding carboxylic acids is 1. The van der Waals surface area contributed by atoms with Gasteiger partial charge in [-0.05, 0) is 51.3 Å². The zero-order valence-corrected chi connectivity index (χ0v) is 19.3. The van der Waals surface area contributed by atoms with Gasteiger partial charge in [-0.1, -0.05) is 47.2 Å². The first-order chi connectivity index (χ1) is 14.3. The predicted molar refractivity (Wildman–Crippen MR) is 123 cm³/mol. The van der Waals surface area contributed by atoms with E-state index in [1.54, 1.807) is 41.3 Å². The largest absolute Gasteiger partial charge is 0.309 e. The number of rotatable bonds is 9. The fourth-order valence-corrected chi connectivity index (χ4v) is 5.55. The van der Waals surface area contributed by atoms with Crippen LogP contribution in [0.15, 0.2) is 53.4 Å². The van der Waals surface area contributed by atoms with Gasteiger partial charge in [0.15, 0.2) is 15.0 Å². The van der Waals surface area contributed by atoms with Crippen LogP contribution in [0.5, 0.6) is 0 Å². The number of para-hydroxylation sites is 1. The van der Waals surface area contributed by atoms with Gasteiger partial charge in [-0.2, -0.15) is 0 Å². The number of nitrogens with zero attached hydrogens (tertiary/aromatic N) is 3. The van der Waals surface area contributed by atoms with Crippen molar-refractivity contribution in [2.45, 2.75) is 17.7 Å². The number of hydrogen-bond acceptors (Lipinski definition) is 6. The molecule has 3 aromatic rings. The van der Waals surface area contributed by atoms with Gasteiger partial charge < -0.3 is 4.90 Å². The molecule has 0 atom stereocenters. The van der Waals surface area contributed by atoms with E-state index in [0.29, 0.717) is 22.2 Å². The van der Waals surface area contributed by atoms with Crippen molar-refractivity contribution in [3.05, 3.63) is 53.6 Å². The summed E-state index contributed by atoms with van der Waals surface area (Å²) >= 11 is 7.63. The Kier molecular flexibility index (Phi) is 7.46. The number of hydrogen-bond donors (Lipinski definition) is 0. The number of amides is 1. The third kappa shape index (κ3) is 5.57. The number of thiazole rings is 1. The van der Waals surface area contributed by atoms with Crippen LogP contribution in [0.3, 0.4) is 0 Å². The van der Waals surface area contributed by atoms with E-state index in [1.807, 2.05) is 31.1 Å². The molecule has 3 rings (SSSR count). The Bertz CT molecular complexity index is 1110. The van der Waals surface area contributed by atoms with Crippen molar-refractivity contribution in [3.63, 3.8) is 0 Å². The first kappa shape index (κ1) is 22.7. The van der Waals surface area contributed by atoms with Crippen LogP contribution in [-0.2, 0) is 14.6 Å². The molecule has 6 nitrogen and oxygen atoms in total. The molecule has 1 aromatic heterocycles. The summed E-state index contributed by atoms with van der Waals surface area (Å²) in [6, 6.07) is 13.7. The quantitative estimate of drug-likeness (QED) is 0.475. The number of sulfone groups is 1. The van der Waals surface area contributed by atoms with Crippen molar-refractivity contribution in [1.82, 2.24) is 9.88 Å². The lowest BCUT2D eigenvalue weighted by Crippen LogP contribution is -2.34. The van der Waals surface area contributed by atoms with Crippen LogP contribution in [-0.4, -0.2) is 57.1 Å². The van der Waals surface area contributed by atoms with Crippen LogP contribution in [0, 0.1) is 0 Å². The highest BCUT2D eigenvalue weighted by atomic mass is 35.5. The molecule has 0 fully saturated rings. The van der Waals surface area contributed by atoms with E-state index >= 15 is 0 Å². The van der Waals surface area contributed by atoms with Crippen LogP contribution < -0.4 is 4.90 Å². The second kappa shape index (κ2) is 9.87. The number of halogens is 1. The standard InChI is InChI=1S/C21H24ClN3O3S2/c1-24(2)13-7-14-25(21-23-20-17(22)10-6-11-18(20)29-21)19(26)12-15-30(27,28)16-8-4-3-5-9-16/h3-6,8-11H,7,12-15H2,1-2H3. The lowest BCUT2D eigenvalue weighted by atomic mass is 10.3. The number of carbonyl (C=O) groups is 1. The molecule has 1 amide bonds. The van der Waals surface area contributed by atoms with Gasteiger partial charge in [-0.3, -0.25) is 9.69 Å². The van der Waals surface area contributed by atoms with E-state index in [0.717, 1.165) is 17.7 Å². The molecule has 0 aliphatic rings. The van der Waals surface area contributed by atoms with Crippen LogP contribution >= 0.6 is 22.9 Å². The summed E-state index contributed by atoms with van der Waals surface area (Å²) in [5.41, 5.74) is 0.654. The lowest BCUT2D eigenvalue weighted by molar-refractivity contribution is -0.118. The van der Waals surface area contributed by atoms with Gasteiger partial charge in [-0.15, -0.1) is 0 Å². The van der Waals surface area contributed by atoms with Gasteiger partial charge in [-0.25, -0.2) is 13.4 Å².